The standard InChI is InChI=1S/C19H28N2O6S/c1-14-9-12-21(13-10-14)19(23)15(2)27-18(22)8-11-20-28(24,25)17-6-4-16(26-3)5-7-17/h4-7,14-15,20H,8-13H2,1-3H3/t15-/m0/s1. The molecule has 1 atom stereocenters. The van der Waals surface area contributed by atoms with Crippen molar-refractivity contribution in [2.24, 2.45) is 5.92 Å². The molecule has 1 amide bonds. The summed E-state index contributed by atoms with van der Waals surface area (Å²) < 4.78 is 36.9. The summed E-state index contributed by atoms with van der Waals surface area (Å²) in [6, 6.07) is 5.91. The molecule has 1 heterocycles. The molecule has 0 aromatic heterocycles. The normalized spacial score (nSPS) is 16.5. The van der Waals surface area contributed by atoms with E-state index >= 15 is 0 Å². The fraction of sp³-hybridized carbons (Fsp3) is 0.579. The monoisotopic (exact) mass is 412 g/mol. The van der Waals surface area contributed by atoms with Crippen LogP contribution in [0.3, 0.4) is 0 Å². The molecule has 1 saturated heterocycles. The number of carbonyl (C=O) groups is 2. The second-order valence-corrected chi connectivity index (χ2v) is 8.73. The number of esters is 1. The summed E-state index contributed by atoms with van der Waals surface area (Å²) in [4.78, 5) is 26.1. The highest BCUT2D eigenvalue weighted by Gasteiger charge is 2.26. The Labute approximate surface area is 166 Å². The molecule has 1 aliphatic rings. The molecule has 2 rings (SSSR count). The Morgan fingerprint density at radius 2 is 1.82 bits per heavy atom. The number of piperidine rings is 1. The van der Waals surface area contributed by atoms with Crippen molar-refractivity contribution < 1.29 is 27.5 Å². The molecular formula is C19H28N2O6S. The van der Waals surface area contributed by atoms with Gasteiger partial charge in [-0.1, -0.05) is 6.92 Å². The van der Waals surface area contributed by atoms with Crippen molar-refractivity contribution in [3.05, 3.63) is 24.3 Å². The van der Waals surface area contributed by atoms with Crippen LogP contribution in [-0.4, -0.2) is 58.0 Å². The number of rotatable bonds is 8. The molecule has 8 nitrogen and oxygen atoms in total. The zero-order valence-electron chi connectivity index (χ0n) is 16.5. The van der Waals surface area contributed by atoms with Crippen LogP contribution in [0, 0.1) is 5.92 Å². The highest BCUT2D eigenvalue weighted by molar-refractivity contribution is 7.89. The second kappa shape index (κ2) is 9.88. The van der Waals surface area contributed by atoms with Gasteiger partial charge in [0.1, 0.15) is 5.75 Å². The van der Waals surface area contributed by atoms with Crippen LogP contribution in [0.1, 0.15) is 33.1 Å². The Kier molecular flexibility index (Phi) is 7.82. The largest absolute Gasteiger partial charge is 0.497 e. The Balaban J connectivity index is 1.77. The minimum atomic E-state index is -3.74. The van der Waals surface area contributed by atoms with Crippen molar-refractivity contribution in [3.8, 4) is 5.75 Å². The molecule has 0 saturated carbocycles. The third-order valence-corrected chi connectivity index (χ3v) is 6.22. The van der Waals surface area contributed by atoms with Crippen LogP contribution in [0.2, 0.25) is 0 Å². The number of hydrogen-bond donors (Lipinski definition) is 1. The average molecular weight is 413 g/mol. The molecule has 0 spiro atoms. The highest BCUT2D eigenvalue weighted by Crippen LogP contribution is 2.17. The summed E-state index contributed by atoms with van der Waals surface area (Å²) in [6.45, 7) is 4.92. The van der Waals surface area contributed by atoms with Gasteiger partial charge in [0.15, 0.2) is 6.10 Å². The summed E-state index contributed by atoms with van der Waals surface area (Å²) in [7, 11) is -2.25. The number of ether oxygens (including phenoxy) is 2. The van der Waals surface area contributed by atoms with Gasteiger partial charge in [0, 0.05) is 19.6 Å². The topological polar surface area (TPSA) is 102 Å². The van der Waals surface area contributed by atoms with E-state index in [-0.39, 0.29) is 23.8 Å². The fourth-order valence-electron chi connectivity index (χ4n) is 2.92. The molecule has 1 aromatic carbocycles. The number of amides is 1. The Hall–Kier alpha value is -2.13. The second-order valence-electron chi connectivity index (χ2n) is 6.96. The van der Waals surface area contributed by atoms with Gasteiger partial charge in [-0.2, -0.15) is 0 Å². The first-order valence-electron chi connectivity index (χ1n) is 9.35. The smallest absolute Gasteiger partial charge is 0.307 e. The maximum Gasteiger partial charge on any atom is 0.307 e. The van der Waals surface area contributed by atoms with E-state index < -0.39 is 22.1 Å². The molecule has 9 heteroatoms. The number of carbonyl (C=O) groups excluding carboxylic acids is 2. The summed E-state index contributed by atoms with van der Waals surface area (Å²) in [5, 5.41) is 0. The first-order valence-corrected chi connectivity index (χ1v) is 10.8. The highest BCUT2D eigenvalue weighted by atomic mass is 32.2. The first-order chi connectivity index (χ1) is 13.2. The number of likely N-dealkylation sites (tertiary alicyclic amines) is 1. The number of methoxy groups -OCH3 is 1. The van der Waals surface area contributed by atoms with Gasteiger partial charge < -0.3 is 14.4 Å². The van der Waals surface area contributed by atoms with Crippen LogP contribution in [-0.2, 0) is 24.3 Å². The van der Waals surface area contributed by atoms with E-state index in [0.717, 1.165) is 12.8 Å². The Morgan fingerprint density at radius 1 is 1.21 bits per heavy atom. The molecule has 0 aliphatic carbocycles. The molecule has 1 aromatic rings. The Bertz CT molecular complexity index is 770. The number of sulfonamides is 1. The van der Waals surface area contributed by atoms with Crippen LogP contribution in [0.15, 0.2) is 29.2 Å². The number of hydrogen-bond acceptors (Lipinski definition) is 6. The molecule has 0 bridgehead atoms. The Morgan fingerprint density at radius 3 is 2.39 bits per heavy atom. The predicted octanol–water partition coefficient (Wildman–Crippen LogP) is 1.55. The fourth-order valence-corrected chi connectivity index (χ4v) is 3.95. The predicted molar refractivity (Wildman–Crippen MR) is 103 cm³/mol. The lowest BCUT2D eigenvalue weighted by Crippen LogP contribution is -2.44. The van der Waals surface area contributed by atoms with E-state index in [4.69, 9.17) is 9.47 Å². The third kappa shape index (κ3) is 6.20. The van der Waals surface area contributed by atoms with Crippen LogP contribution in [0.5, 0.6) is 5.75 Å². The quantitative estimate of drug-likeness (QED) is 0.650. The van der Waals surface area contributed by atoms with Crippen molar-refractivity contribution in [3.63, 3.8) is 0 Å². The van der Waals surface area contributed by atoms with Gasteiger partial charge in [-0.05, 0) is 49.9 Å². The average Bonchev–Trinajstić information content (AvgIpc) is 2.67. The van der Waals surface area contributed by atoms with Crippen molar-refractivity contribution in [2.75, 3.05) is 26.7 Å². The summed E-state index contributed by atoms with van der Waals surface area (Å²) in [6.07, 6.45) is 0.849. The van der Waals surface area contributed by atoms with E-state index in [9.17, 15) is 18.0 Å². The van der Waals surface area contributed by atoms with Gasteiger partial charge >= 0.3 is 5.97 Å². The third-order valence-electron chi connectivity index (χ3n) is 4.74. The first kappa shape index (κ1) is 22.2. The summed E-state index contributed by atoms with van der Waals surface area (Å²) in [5.41, 5.74) is 0. The number of nitrogens with zero attached hydrogens (tertiary/aromatic N) is 1. The summed E-state index contributed by atoms with van der Waals surface area (Å²) >= 11 is 0. The molecule has 1 N–H and O–H groups in total. The van der Waals surface area contributed by atoms with Crippen LogP contribution in [0.4, 0.5) is 0 Å². The molecular weight excluding hydrogens is 384 g/mol. The van der Waals surface area contributed by atoms with E-state index in [1.807, 2.05) is 0 Å². The van der Waals surface area contributed by atoms with Crippen molar-refractivity contribution in [1.29, 1.82) is 0 Å². The van der Waals surface area contributed by atoms with E-state index in [1.165, 1.54) is 31.4 Å². The van der Waals surface area contributed by atoms with Gasteiger partial charge in [-0.3, -0.25) is 9.59 Å². The van der Waals surface area contributed by atoms with Gasteiger partial charge in [-0.15, -0.1) is 0 Å². The van der Waals surface area contributed by atoms with Crippen LogP contribution < -0.4 is 9.46 Å². The van der Waals surface area contributed by atoms with Gasteiger partial charge in [0.05, 0.1) is 18.4 Å². The molecule has 1 fully saturated rings. The summed E-state index contributed by atoms with van der Waals surface area (Å²) in [5.74, 6) is 0.313. The lowest BCUT2D eigenvalue weighted by molar-refractivity contribution is -0.159. The lowest BCUT2D eigenvalue weighted by atomic mass is 9.99. The zero-order valence-corrected chi connectivity index (χ0v) is 17.3. The minimum Gasteiger partial charge on any atom is -0.497 e. The molecule has 0 unspecified atom stereocenters. The minimum absolute atomic E-state index is 0.0736. The number of nitrogens with one attached hydrogen (secondary N) is 1. The number of benzene rings is 1. The van der Waals surface area contributed by atoms with Gasteiger partial charge in [0.2, 0.25) is 10.0 Å². The lowest BCUT2D eigenvalue weighted by Gasteiger charge is -2.31. The van der Waals surface area contributed by atoms with Crippen LogP contribution in [0.25, 0.3) is 0 Å². The molecule has 0 radical (unpaired) electrons. The van der Waals surface area contributed by atoms with Crippen molar-refractivity contribution in [2.45, 2.75) is 44.1 Å². The van der Waals surface area contributed by atoms with E-state index in [2.05, 4.69) is 11.6 Å². The zero-order chi connectivity index (χ0) is 20.7. The van der Waals surface area contributed by atoms with E-state index in [0.29, 0.717) is 24.8 Å². The molecule has 156 valence electrons. The van der Waals surface area contributed by atoms with E-state index in [1.54, 1.807) is 11.8 Å². The van der Waals surface area contributed by atoms with Gasteiger partial charge in [-0.25, -0.2) is 13.1 Å². The SMILES string of the molecule is COc1ccc(S(=O)(=O)NCCC(=O)O[C@@H](C)C(=O)N2CCC(C)CC2)cc1. The van der Waals surface area contributed by atoms with Gasteiger partial charge in [0.25, 0.3) is 5.91 Å². The molecule has 28 heavy (non-hydrogen) atoms. The molecule has 1 aliphatic heterocycles. The van der Waals surface area contributed by atoms with Crippen LogP contribution >= 0.6 is 0 Å². The van der Waals surface area contributed by atoms with Crippen molar-refractivity contribution in [1.82, 2.24) is 9.62 Å². The van der Waals surface area contributed by atoms with Crippen molar-refractivity contribution >= 4 is 21.9 Å². The maximum atomic E-state index is 12.3. The maximum absolute atomic E-state index is 12.3.